The van der Waals surface area contributed by atoms with E-state index in [-0.39, 0.29) is 16.2 Å². The summed E-state index contributed by atoms with van der Waals surface area (Å²) in [4.78, 5) is 34.7. The van der Waals surface area contributed by atoms with E-state index in [9.17, 15) is 14.0 Å². The molecule has 2 aromatic carbocycles. The Labute approximate surface area is 185 Å². The minimum Gasteiger partial charge on any atom is -0.543 e. The summed E-state index contributed by atoms with van der Waals surface area (Å²) < 4.78 is 20.5. The number of hydrogen-bond donors (Lipinski definition) is 1. The zero-order chi connectivity index (χ0) is 23.2. The highest BCUT2D eigenvalue weighted by atomic mass is 28.4. The first-order chi connectivity index (χ1) is 14.9. The fourth-order valence-electron chi connectivity index (χ4n) is 4.07. The molecule has 0 radical (unpaired) electrons. The zero-order valence-corrected chi connectivity index (χ0v) is 19.9. The molecule has 5 rings (SSSR count). The van der Waals surface area contributed by atoms with Crippen molar-refractivity contribution in [2.45, 2.75) is 38.9 Å². The number of carbonyl (C=O) groups excluding carboxylic acids is 2. The second-order valence-electron chi connectivity index (χ2n) is 9.91. The predicted octanol–water partition coefficient (Wildman–Crippen LogP) is 5.62. The number of aromatic nitrogens is 2. The van der Waals surface area contributed by atoms with Crippen LogP contribution >= 0.6 is 0 Å². The van der Waals surface area contributed by atoms with Crippen molar-refractivity contribution < 1.29 is 18.4 Å². The number of H-pyrrole nitrogens is 1. The maximum atomic E-state index is 14.0. The molecule has 164 valence electrons. The molecule has 1 aliphatic heterocycles. The van der Waals surface area contributed by atoms with Gasteiger partial charge in [-0.3, -0.25) is 19.5 Å². The van der Waals surface area contributed by atoms with Crippen molar-refractivity contribution >= 4 is 52.8 Å². The Morgan fingerprint density at radius 3 is 2.44 bits per heavy atom. The highest BCUT2D eigenvalue weighted by molar-refractivity contribution is 6.74. The van der Waals surface area contributed by atoms with E-state index in [4.69, 9.17) is 4.43 Å². The van der Waals surface area contributed by atoms with Crippen molar-refractivity contribution in [3.05, 3.63) is 47.4 Å². The van der Waals surface area contributed by atoms with Gasteiger partial charge in [-0.2, -0.15) is 0 Å². The molecule has 0 fully saturated rings. The van der Waals surface area contributed by atoms with Gasteiger partial charge in [-0.05, 0) is 42.4 Å². The summed E-state index contributed by atoms with van der Waals surface area (Å²) in [6.45, 7) is 10.9. The molecule has 0 aliphatic carbocycles. The van der Waals surface area contributed by atoms with Crippen LogP contribution in [-0.2, 0) is 0 Å². The average molecular weight is 450 g/mol. The van der Waals surface area contributed by atoms with Gasteiger partial charge in [-0.1, -0.05) is 20.8 Å². The maximum absolute atomic E-state index is 14.0. The van der Waals surface area contributed by atoms with Gasteiger partial charge in [0, 0.05) is 28.7 Å². The van der Waals surface area contributed by atoms with Crippen LogP contribution in [0.4, 0.5) is 4.39 Å². The number of aromatic amines is 1. The van der Waals surface area contributed by atoms with Crippen LogP contribution in [0.15, 0.2) is 30.5 Å². The number of hydrogen-bond acceptors (Lipinski definition) is 4. The Balaban J connectivity index is 1.86. The van der Waals surface area contributed by atoms with Crippen molar-refractivity contribution in [3.63, 3.8) is 0 Å². The normalized spacial score (nSPS) is 14.8. The van der Waals surface area contributed by atoms with E-state index in [0.29, 0.717) is 21.8 Å². The number of rotatable bonds is 2. The van der Waals surface area contributed by atoms with E-state index in [1.54, 1.807) is 0 Å². The number of nitrogens with zero attached hydrogens (tertiary/aromatic N) is 2. The van der Waals surface area contributed by atoms with Crippen LogP contribution in [0.25, 0.3) is 32.7 Å². The monoisotopic (exact) mass is 449 g/mol. The molecule has 0 atom stereocenters. The zero-order valence-electron chi connectivity index (χ0n) is 18.9. The molecule has 1 N–H and O–H groups in total. The van der Waals surface area contributed by atoms with Crippen molar-refractivity contribution in [1.29, 1.82) is 0 Å². The van der Waals surface area contributed by atoms with Gasteiger partial charge in [-0.15, -0.1) is 0 Å². The van der Waals surface area contributed by atoms with Crippen molar-refractivity contribution in [1.82, 2.24) is 14.9 Å². The number of pyridine rings is 1. The lowest BCUT2D eigenvalue weighted by Gasteiger charge is -2.36. The molecule has 0 saturated heterocycles. The molecule has 0 bridgehead atoms. The van der Waals surface area contributed by atoms with Crippen LogP contribution in [0.2, 0.25) is 18.1 Å². The molecule has 6 nitrogen and oxygen atoms in total. The standard InChI is InChI=1S/C24H24FN3O3Si/c1-24(2,3)32(5,6)31-13-7-8-16-14(10-13)17-19-18(22(29)28(4)23(19)30)15-9-12(25)11-26-20(15)21(17)27-16/h7-11,27H,1-6H3. The third kappa shape index (κ3) is 2.72. The first kappa shape index (κ1) is 20.6. The van der Waals surface area contributed by atoms with E-state index in [1.807, 2.05) is 18.2 Å². The van der Waals surface area contributed by atoms with Gasteiger partial charge in [-0.25, -0.2) is 4.39 Å². The lowest BCUT2D eigenvalue weighted by atomic mass is 9.97. The minimum absolute atomic E-state index is 0.0265. The fourth-order valence-corrected chi connectivity index (χ4v) is 5.09. The lowest BCUT2D eigenvalue weighted by Crippen LogP contribution is -2.43. The quantitative estimate of drug-likeness (QED) is 0.318. The second-order valence-corrected chi connectivity index (χ2v) is 14.6. The Kier molecular flexibility index (Phi) is 4.11. The van der Waals surface area contributed by atoms with Gasteiger partial charge in [0.2, 0.25) is 8.32 Å². The molecular formula is C24H24FN3O3Si. The first-order valence-electron chi connectivity index (χ1n) is 10.5. The summed E-state index contributed by atoms with van der Waals surface area (Å²) in [5.41, 5.74) is 2.33. The molecule has 2 amide bonds. The Hall–Kier alpha value is -3.26. The summed E-state index contributed by atoms with van der Waals surface area (Å²) in [6, 6.07) is 7.00. The summed E-state index contributed by atoms with van der Waals surface area (Å²) in [5, 5.41) is 1.75. The van der Waals surface area contributed by atoms with Crippen LogP contribution in [0.5, 0.6) is 5.75 Å². The largest absolute Gasteiger partial charge is 0.543 e. The molecule has 1 aliphatic rings. The minimum atomic E-state index is -2.08. The number of halogens is 1. The van der Waals surface area contributed by atoms with Gasteiger partial charge in [0.25, 0.3) is 11.8 Å². The smallest absolute Gasteiger partial charge is 0.262 e. The summed E-state index contributed by atoms with van der Waals surface area (Å²) in [5.74, 6) is -0.698. The molecule has 0 saturated carbocycles. The maximum Gasteiger partial charge on any atom is 0.262 e. The van der Waals surface area contributed by atoms with Crippen LogP contribution in [-0.4, -0.2) is 42.0 Å². The molecule has 4 aromatic rings. The van der Waals surface area contributed by atoms with E-state index in [0.717, 1.165) is 27.7 Å². The Morgan fingerprint density at radius 2 is 1.75 bits per heavy atom. The van der Waals surface area contributed by atoms with Gasteiger partial charge in [0.1, 0.15) is 11.6 Å². The van der Waals surface area contributed by atoms with E-state index in [2.05, 4.69) is 43.8 Å². The molecule has 32 heavy (non-hydrogen) atoms. The summed E-state index contributed by atoms with van der Waals surface area (Å²) in [6.07, 6.45) is 1.12. The topological polar surface area (TPSA) is 75.3 Å². The van der Waals surface area contributed by atoms with E-state index in [1.165, 1.54) is 13.1 Å². The molecule has 8 heteroatoms. The van der Waals surface area contributed by atoms with Crippen LogP contribution in [0, 0.1) is 5.82 Å². The van der Waals surface area contributed by atoms with Gasteiger partial charge >= 0.3 is 0 Å². The number of fused-ring (bicyclic) bond motifs is 8. The molecule has 3 heterocycles. The van der Waals surface area contributed by atoms with Gasteiger partial charge < -0.3 is 9.41 Å². The lowest BCUT2D eigenvalue weighted by molar-refractivity contribution is 0.0694. The number of amides is 2. The third-order valence-corrected chi connectivity index (χ3v) is 11.2. The average Bonchev–Trinajstić information content (AvgIpc) is 3.18. The van der Waals surface area contributed by atoms with Crippen molar-refractivity contribution in [2.24, 2.45) is 0 Å². The number of carbonyl (C=O) groups is 2. The van der Waals surface area contributed by atoms with E-state index < -0.39 is 25.9 Å². The molecule has 2 aromatic heterocycles. The van der Waals surface area contributed by atoms with Gasteiger partial charge in [0.05, 0.1) is 28.4 Å². The van der Waals surface area contributed by atoms with Crippen molar-refractivity contribution in [2.75, 3.05) is 7.05 Å². The van der Waals surface area contributed by atoms with Crippen LogP contribution in [0.3, 0.4) is 0 Å². The highest BCUT2D eigenvalue weighted by Crippen LogP contribution is 2.42. The third-order valence-electron chi connectivity index (χ3n) is 6.85. The highest BCUT2D eigenvalue weighted by Gasteiger charge is 2.40. The number of nitrogens with one attached hydrogen (secondary N) is 1. The Bertz CT molecular complexity index is 1480. The fraction of sp³-hybridized carbons (Fsp3) is 0.292. The number of benzene rings is 2. The molecule has 0 spiro atoms. The molecular weight excluding hydrogens is 425 g/mol. The van der Waals surface area contributed by atoms with Crippen LogP contribution < -0.4 is 4.43 Å². The summed E-state index contributed by atoms with van der Waals surface area (Å²) >= 11 is 0. The number of imide groups is 1. The SMILES string of the molecule is CN1C(=O)c2c(c3c4cc(O[Si](C)(C)C(C)(C)C)ccc4[nH]c3c3ncc(F)cc23)C1=O. The predicted molar refractivity (Wildman–Crippen MR) is 125 cm³/mol. The van der Waals surface area contributed by atoms with Crippen molar-refractivity contribution in [3.8, 4) is 5.75 Å². The van der Waals surface area contributed by atoms with E-state index >= 15 is 0 Å². The second kappa shape index (κ2) is 6.38. The Morgan fingerprint density at radius 1 is 1.06 bits per heavy atom. The molecule has 0 unspecified atom stereocenters. The first-order valence-corrected chi connectivity index (χ1v) is 13.4. The summed E-state index contributed by atoms with van der Waals surface area (Å²) in [7, 11) is -0.639. The van der Waals surface area contributed by atoms with Crippen LogP contribution in [0.1, 0.15) is 41.5 Å². The van der Waals surface area contributed by atoms with Gasteiger partial charge in [0.15, 0.2) is 0 Å².